The number of hydrogen-bond acceptors (Lipinski definition) is 6. The van der Waals surface area contributed by atoms with E-state index < -0.39 is 9.84 Å². The van der Waals surface area contributed by atoms with Gasteiger partial charge in [0.05, 0.1) is 32.1 Å². The first-order valence-corrected chi connectivity index (χ1v) is 10.7. The van der Waals surface area contributed by atoms with E-state index in [1.54, 1.807) is 38.6 Å². The summed E-state index contributed by atoms with van der Waals surface area (Å²) >= 11 is 0. The number of rotatable bonds is 5. The fraction of sp³-hybridized carbons (Fsp3) is 0.474. The molecule has 1 aromatic rings. The highest BCUT2D eigenvalue weighted by atomic mass is 32.2. The molecule has 2 amide bonds. The van der Waals surface area contributed by atoms with Crippen molar-refractivity contribution in [2.75, 3.05) is 39.3 Å². The van der Waals surface area contributed by atoms with Crippen LogP contribution in [0.1, 0.15) is 17.5 Å². The molecule has 0 spiro atoms. The molecule has 0 aromatic heterocycles. The molecule has 9 heteroatoms. The first-order valence-electron chi connectivity index (χ1n) is 8.92. The van der Waals surface area contributed by atoms with E-state index in [-0.39, 0.29) is 42.3 Å². The largest absolute Gasteiger partial charge is 0.493 e. The summed E-state index contributed by atoms with van der Waals surface area (Å²) in [5.74, 6) is 0.657. The van der Waals surface area contributed by atoms with E-state index in [1.807, 2.05) is 0 Å². The van der Waals surface area contributed by atoms with Gasteiger partial charge in [0, 0.05) is 19.3 Å². The second kappa shape index (κ2) is 7.83. The average molecular weight is 408 g/mol. The fourth-order valence-electron chi connectivity index (χ4n) is 3.45. The molecule has 0 aliphatic carbocycles. The van der Waals surface area contributed by atoms with Crippen molar-refractivity contribution in [2.24, 2.45) is 0 Å². The number of benzene rings is 1. The third kappa shape index (κ3) is 4.14. The van der Waals surface area contributed by atoms with Gasteiger partial charge in [-0.15, -0.1) is 0 Å². The Bertz CT molecular complexity index is 925. The summed E-state index contributed by atoms with van der Waals surface area (Å²) in [5.41, 5.74) is 1.60. The van der Waals surface area contributed by atoms with Crippen LogP contribution in [0.5, 0.6) is 11.5 Å². The highest BCUT2D eigenvalue weighted by Crippen LogP contribution is 2.32. The van der Waals surface area contributed by atoms with Gasteiger partial charge in [-0.2, -0.15) is 0 Å². The molecule has 3 rings (SSSR count). The Morgan fingerprint density at radius 3 is 2.54 bits per heavy atom. The zero-order chi connectivity index (χ0) is 20.5. The topological polar surface area (TPSA) is 93.2 Å². The van der Waals surface area contributed by atoms with Crippen molar-refractivity contribution in [3.63, 3.8) is 0 Å². The van der Waals surface area contributed by atoms with Gasteiger partial charge in [0.25, 0.3) is 0 Å². The second-order valence-electron chi connectivity index (χ2n) is 6.98. The number of ether oxygens (including phenoxy) is 2. The Hall–Kier alpha value is -2.55. The summed E-state index contributed by atoms with van der Waals surface area (Å²) in [7, 11) is 1.57. The van der Waals surface area contributed by atoms with Crippen LogP contribution in [0.2, 0.25) is 0 Å². The van der Waals surface area contributed by atoms with Crippen LogP contribution in [0.3, 0.4) is 0 Å². The second-order valence-corrected chi connectivity index (χ2v) is 9.21. The van der Waals surface area contributed by atoms with Crippen LogP contribution in [-0.4, -0.2) is 75.4 Å². The molecule has 0 N–H and O–H groups in total. The van der Waals surface area contributed by atoms with Gasteiger partial charge >= 0.3 is 0 Å². The summed E-state index contributed by atoms with van der Waals surface area (Å²) in [6.07, 6.45) is 3.89. The van der Waals surface area contributed by atoms with Gasteiger partial charge in [0.1, 0.15) is 6.54 Å². The van der Waals surface area contributed by atoms with Crippen LogP contribution in [0, 0.1) is 0 Å². The molecular weight excluding hydrogens is 384 g/mol. The highest BCUT2D eigenvalue weighted by molar-refractivity contribution is 7.91. The Balaban J connectivity index is 1.74. The third-order valence-corrected chi connectivity index (χ3v) is 6.95. The molecule has 2 aliphatic heterocycles. The monoisotopic (exact) mass is 408 g/mol. The maximum absolute atomic E-state index is 12.6. The summed E-state index contributed by atoms with van der Waals surface area (Å²) < 4.78 is 33.9. The van der Waals surface area contributed by atoms with E-state index in [9.17, 15) is 18.0 Å². The van der Waals surface area contributed by atoms with Crippen molar-refractivity contribution in [1.82, 2.24) is 9.80 Å². The van der Waals surface area contributed by atoms with Crippen LogP contribution in [-0.2, 0) is 25.8 Å². The van der Waals surface area contributed by atoms with Crippen molar-refractivity contribution < 1.29 is 27.5 Å². The molecule has 28 heavy (non-hydrogen) atoms. The molecule has 1 atom stereocenters. The number of carbonyl (C=O) groups excluding carboxylic acids is 2. The van der Waals surface area contributed by atoms with Crippen molar-refractivity contribution in [1.29, 1.82) is 0 Å². The molecule has 1 aromatic carbocycles. The first-order chi connectivity index (χ1) is 13.2. The number of sulfone groups is 1. The Kier molecular flexibility index (Phi) is 5.64. The smallest absolute Gasteiger partial charge is 0.242 e. The van der Waals surface area contributed by atoms with E-state index in [0.717, 1.165) is 11.1 Å². The van der Waals surface area contributed by atoms with Gasteiger partial charge < -0.3 is 19.3 Å². The lowest BCUT2D eigenvalue weighted by Crippen LogP contribution is -2.44. The van der Waals surface area contributed by atoms with Crippen LogP contribution < -0.4 is 9.47 Å². The quantitative estimate of drug-likeness (QED) is 0.712. The molecule has 2 aliphatic rings. The molecule has 0 unspecified atom stereocenters. The molecule has 8 nitrogen and oxygen atoms in total. The minimum absolute atomic E-state index is 0.0238. The predicted octanol–water partition coefficient (Wildman–Crippen LogP) is 0.705. The minimum Gasteiger partial charge on any atom is -0.493 e. The van der Waals surface area contributed by atoms with Gasteiger partial charge in [-0.05, 0) is 35.8 Å². The zero-order valence-corrected chi connectivity index (χ0v) is 17.0. The average Bonchev–Trinajstić information content (AvgIpc) is 2.96. The number of methoxy groups -OCH3 is 2. The molecular formula is C19H24N2O6S. The predicted molar refractivity (Wildman–Crippen MR) is 104 cm³/mol. The van der Waals surface area contributed by atoms with Gasteiger partial charge in [-0.3, -0.25) is 9.59 Å². The number of hydrogen-bond donors (Lipinski definition) is 0. The lowest BCUT2D eigenvalue weighted by atomic mass is 10.0. The van der Waals surface area contributed by atoms with Crippen LogP contribution in [0.4, 0.5) is 0 Å². The Labute approximate surface area is 164 Å². The number of fused-ring (bicyclic) bond motifs is 1. The van der Waals surface area contributed by atoms with Gasteiger partial charge in [0.15, 0.2) is 21.3 Å². The maximum Gasteiger partial charge on any atom is 0.242 e. The van der Waals surface area contributed by atoms with Crippen molar-refractivity contribution >= 4 is 27.7 Å². The van der Waals surface area contributed by atoms with Crippen LogP contribution >= 0.6 is 0 Å². The van der Waals surface area contributed by atoms with E-state index in [0.29, 0.717) is 17.9 Å². The lowest BCUT2D eigenvalue weighted by Gasteiger charge is -2.26. The molecule has 152 valence electrons. The number of nitrogens with zero attached hydrogens (tertiary/aromatic N) is 2. The summed E-state index contributed by atoms with van der Waals surface area (Å²) in [5, 5.41) is 0. The maximum atomic E-state index is 12.6. The molecule has 0 radical (unpaired) electrons. The number of amides is 2. The molecule has 0 saturated carbocycles. The first kappa shape index (κ1) is 20.2. The summed E-state index contributed by atoms with van der Waals surface area (Å²) in [6, 6.07) is 3.21. The molecule has 2 heterocycles. The zero-order valence-electron chi connectivity index (χ0n) is 16.2. The molecule has 1 saturated heterocycles. The summed E-state index contributed by atoms with van der Waals surface area (Å²) in [6.45, 7) is -0.134. The van der Waals surface area contributed by atoms with Crippen molar-refractivity contribution in [2.45, 2.75) is 18.9 Å². The Morgan fingerprint density at radius 1 is 1.25 bits per heavy atom. The number of carbonyl (C=O) groups is 2. The van der Waals surface area contributed by atoms with Gasteiger partial charge in [0.2, 0.25) is 11.8 Å². The van der Waals surface area contributed by atoms with Crippen molar-refractivity contribution in [3.8, 4) is 11.5 Å². The standard InChI is InChI=1S/C19H24N2O6S/c1-20(15-5-7-28(24,25)12-15)19(23)11-21-6-4-13-8-16(26-2)17(27-3)9-14(13)10-18(21)22/h4,6,8-9,15H,5,7,10-12H2,1-3H3/t15-/m1/s1. The Morgan fingerprint density at radius 2 is 1.93 bits per heavy atom. The number of likely N-dealkylation sites (N-methyl/N-ethyl adjacent to an activating group) is 1. The van der Waals surface area contributed by atoms with Crippen LogP contribution in [0.15, 0.2) is 18.3 Å². The van der Waals surface area contributed by atoms with Crippen LogP contribution in [0.25, 0.3) is 6.08 Å². The van der Waals surface area contributed by atoms with E-state index in [2.05, 4.69) is 0 Å². The minimum atomic E-state index is -3.09. The van der Waals surface area contributed by atoms with E-state index in [1.165, 1.54) is 16.9 Å². The van der Waals surface area contributed by atoms with Gasteiger partial charge in [-0.25, -0.2) is 8.42 Å². The SMILES string of the molecule is COc1cc2c(cc1OC)CC(=O)N(CC(=O)N(C)[C@@H]1CCS(=O)(=O)C1)C=C2. The molecule has 0 bridgehead atoms. The van der Waals surface area contributed by atoms with E-state index in [4.69, 9.17) is 9.47 Å². The molecule has 1 fully saturated rings. The lowest BCUT2D eigenvalue weighted by molar-refractivity contribution is -0.138. The normalized spacial score (nSPS) is 20.5. The highest BCUT2D eigenvalue weighted by Gasteiger charge is 2.33. The van der Waals surface area contributed by atoms with E-state index >= 15 is 0 Å². The fourth-order valence-corrected chi connectivity index (χ4v) is 5.22. The van der Waals surface area contributed by atoms with Gasteiger partial charge in [-0.1, -0.05) is 0 Å². The summed E-state index contributed by atoms with van der Waals surface area (Å²) in [4.78, 5) is 28.1. The van der Waals surface area contributed by atoms with Crippen molar-refractivity contribution in [3.05, 3.63) is 29.5 Å². The third-order valence-electron chi connectivity index (χ3n) is 5.20.